The number of hydrogen-bond donors (Lipinski definition) is 0. The number of benzene rings is 2. The number of amides is 2. The first kappa shape index (κ1) is 21.7. The summed E-state index contributed by atoms with van der Waals surface area (Å²) in [7, 11) is 1.63. The van der Waals surface area contributed by atoms with E-state index in [1.54, 1.807) is 18.4 Å². The van der Waals surface area contributed by atoms with Gasteiger partial charge in [0.05, 0.1) is 25.1 Å². The molecule has 2 amide bonds. The molecular formula is C27H28N2O3S. The Bertz CT molecular complexity index is 1100. The summed E-state index contributed by atoms with van der Waals surface area (Å²) in [6, 6.07) is 21.5. The van der Waals surface area contributed by atoms with Crippen molar-refractivity contribution >= 4 is 28.8 Å². The van der Waals surface area contributed by atoms with Crippen LogP contribution in [0, 0.1) is 5.92 Å². The van der Waals surface area contributed by atoms with Crippen LogP contribution in [0.15, 0.2) is 72.1 Å². The Morgan fingerprint density at radius 2 is 1.79 bits per heavy atom. The van der Waals surface area contributed by atoms with Crippen molar-refractivity contribution in [1.29, 1.82) is 0 Å². The molecule has 3 atom stereocenters. The minimum absolute atomic E-state index is 0.0503. The van der Waals surface area contributed by atoms with Crippen LogP contribution in [0.25, 0.3) is 0 Å². The summed E-state index contributed by atoms with van der Waals surface area (Å²) in [6.07, 6.45) is 2.94. The number of piperidine rings is 1. The molecule has 0 aliphatic carbocycles. The first-order valence-corrected chi connectivity index (χ1v) is 12.4. The lowest BCUT2D eigenvalue weighted by Gasteiger charge is -2.42. The van der Waals surface area contributed by atoms with Gasteiger partial charge in [0.25, 0.3) is 0 Å². The number of nitrogens with zero attached hydrogens (tertiary/aromatic N) is 2. The van der Waals surface area contributed by atoms with E-state index < -0.39 is 0 Å². The molecule has 0 bridgehead atoms. The first-order chi connectivity index (χ1) is 16.2. The van der Waals surface area contributed by atoms with Crippen molar-refractivity contribution in [2.24, 2.45) is 5.92 Å². The van der Waals surface area contributed by atoms with Gasteiger partial charge in [0.1, 0.15) is 5.75 Å². The molecule has 2 aromatic carbocycles. The second kappa shape index (κ2) is 9.40. The van der Waals surface area contributed by atoms with Gasteiger partial charge < -0.3 is 14.5 Å². The largest absolute Gasteiger partial charge is 0.497 e. The number of thiophene rings is 1. The third-order valence-electron chi connectivity index (χ3n) is 6.81. The van der Waals surface area contributed by atoms with Gasteiger partial charge in [0.15, 0.2) is 0 Å². The fraction of sp³-hybridized carbons (Fsp3) is 0.333. The molecule has 33 heavy (non-hydrogen) atoms. The maximum absolute atomic E-state index is 14.0. The van der Waals surface area contributed by atoms with Crippen LogP contribution in [-0.4, -0.2) is 30.4 Å². The van der Waals surface area contributed by atoms with Crippen LogP contribution in [0.2, 0.25) is 0 Å². The molecular weight excluding hydrogens is 432 g/mol. The van der Waals surface area contributed by atoms with Crippen LogP contribution in [0.1, 0.15) is 48.2 Å². The molecule has 2 aliphatic heterocycles. The van der Waals surface area contributed by atoms with E-state index >= 15 is 0 Å². The molecule has 5 nitrogen and oxygen atoms in total. The summed E-state index contributed by atoms with van der Waals surface area (Å²) in [6.45, 7) is 0.774. The smallest absolute Gasteiger partial charge is 0.228 e. The van der Waals surface area contributed by atoms with Crippen molar-refractivity contribution in [3.63, 3.8) is 0 Å². The van der Waals surface area contributed by atoms with Crippen molar-refractivity contribution in [2.45, 2.75) is 37.8 Å². The average molecular weight is 461 g/mol. The highest BCUT2D eigenvalue weighted by Gasteiger charge is 2.45. The quantitative estimate of drug-likeness (QED) is 0.498. The molecule has 3 heterocycles. The SMILES string of the molecule is COc1ccc(N2C(=O)CC[C@H](C(=O)N3CCC[C@@H]3c3cccs3)[C@@H]2c2ccccc2)cc1. The van der Waals surface area contributed by atoms with E-state index in [1.165, 1.54) is 4.88 Å². The van der Waals surface area contributed by atoms with Crippen LogP contribution in [0.3, 0.4) is 0 Å². The van der Waals surface area contributed by atoms with Gasteiger partial charge in [-0.1, -0.05) is 36.4 Å². The molecule has 2 saturated heterocycles. The summed E-state index contributed by atoms with van der Waals surface area (Å²) in [5, 5.41) is 2.08. The Kier molecular flexibility index (Phi) is 6.18. The summed E-state index contributed by atoms with van der Waals surface area (Å²) >= 11 is 1.72. The first-order valence-electron chi connectivity index (χ1n) is 11.5. The molecule has 6 heteroatoms. The zero-order valence-corrected chi connectivity index (χ0v) is 19.5. The van der Waals surface area contributed by atoms with E-state index in [1.807, 2.05) is 59.5 Å². The normalized spacial score (nSPS) is 23.1. The van der Waals surface area contributed by atoms with Crippen LogP contribution in [0.5, 0.6) is 5.75 Å². The zero-order valence-electron chi connectivity index (χ0n) is 18.7. The Labute approximate surface area is 198 Å². The number of hydrogen-bond acceptors (Lipinski definition) is 4. The van der Waals surface area contributed by atoms with Gasteiger partial charge in [0.2, 0.25) is 11.8 Å². The van der Waals surface area contributed by atoms with E-state index in [0.29, 0.717) is 12.8 Å². The van der Waals surface area contributed by atoms with Gasteiger partial charge in [-0.3, -0.25) is 9.59 Å². The molecule has 0 spiro atoms. The number of rotatable bonds is 5. The third-order valence-corrected chi connectivity index (χ3v) is 7.79. The minimum atomic E-state index is -0.335. The molecule has 0 N–H and O–H groups in total. The summed E-state index contributed by atoms with van der Waals surface area (Å²) in [5.41, 5.74) is 1.79. The van der Waals surface area contributed by atoms with Gasteiger partial charge in [-0.05, 0) is 60.5 Å². The lowest BCUT2D eigenvalue weighted by atomic mass is 9.82. The van der Waals surface area contributed by atoms with Crippen molar-refractivity contribution < 1.29 is 14.3 Å². The Balaban J connectivity index is 1.53. The zero-order chi connectivity index (χ0) is 22.8. The molecule has 1 aromatic heterocycles. The average Bonchev–Trinajstić information content (AvgIpc) is 3.56. The maximum Gasteiger partial charge on any atom is 0.228 e. The summed E-state index contributed by atoms with van der Waals surface area (Å²) in [5.74, 6) is 0.663. The van der Waals surface area contributed by atoms with Gasteiger partial charge >= 0.3 is 0 Å². The van der Waals surface area contributed by atoms with Crippen LogP contribution in [-0.2, 0) is 9.59 Å². The molecule has 170 valence electrons. The lowest BCUT2D eigenvalue weighted by molar-refractivity contribution is -0.139. The van der Waals surface area contributed by atoms with Gasteiger partial charge in [0, 0.05) is 23.5 Å². The van der Waals surface area contributed by atoms with Crippen LogP contribution in [0.4, 0.5) is 5.69 Å². The van der Waals surface area contributed by atoms with E-state index in [4.69, 9.17) is 4.74 Å². The maximum atomic E-state index is 14.0. The van der Waals surface area contributed by atoms with E-state index in [2.05, 4.69) is 22.4 Å². The molecule has 5 rings (SSSR count). The highest BCUT2D eigenvalue weighted by Crippen LogP contribution is 2.44. The van der Waals surface area contributed by atoms with E-state index in [0.717, 1.165) is 36.4 Å². The Hall–Kier alpha value is -3.12. The van der Waals surface area contributed by atoms with E-state index in [-0.39, 0.29) is 29.8 Å². The monoisotopic (exact) mass is 460 g/mol. The number of anilines is 1. The predicted molar refractivity (Wildman–Crippen MR) is 130 cm³/mol. The fourth-order valence-corrected chi connectivity index (χ4v) is 6.12. The molecule has 0 unspecified atom stereocenters. The number of likely N-dealkylation sites (tertiary alicyclic amines) is 1. The highest BCUT2D eigenvalue weighted by molar-refractivity contribution is 7.10. The standard InChI is InChI=1S/C27H28N2O3S/c1-32-21-13-11-20(12-14-21)29-25(30)16-15-22(26(29)19-7-3-2-4-8-19)27(31)28-17-5-9-23(28)24-10-6-18-33-24/h2-4,6-8,10-14,18,22-23,26H,5,9,15-17H2,1H3/t22-,23+,26-/m0/s1. The predicted octanol–water partition coefficient (Wildman–Crippen LogP) is 5.60. The second-order valence-corrected chi connectivity index (χ2v) is 9.65. The Morgan fingerprint density at radius 1 is 1.00 bits per heavy atom. The second-order valence-electron chi connectivity index (χ2n) is 8.67. The molecule has 0 saturated carbocycles. The van der Waals surface area contributed by atoms with Gasteiger partial charge in [-0.2, -0.15) is 0 Å². The van der Waals surface area contributed by atoms with Crippen molar-refractivity contribution in [3.8, 4) is 5.75 Å². The number of ether oxygens (including phenoxy) is 1. The van der Waals surface area contributed by atoms with Gasteiger partial charge in [-0.25, -0.2) is 0 Å². The molecule has 3 aromatic rings. The highest BCUT2D eigenvalue weighted by atomic mass is 32.1. The molecule has 2 fully saturated rings. The summed E-state index contributed by atoms with van der Waals surface area (Å²) in [4.78, 5) is 32.4. The van der Waals surface area contributed by atoms with Gasteiger partial charge in [-0.15, -0.1) is 11.3 Å². The minimum Gasteiger partial charge on any atom is -0.497 e. The van der Waals surface area contributed by atoms with Crippen molar-refractivity contribution in [2.75, 3.05) is 18.6 Å². The number of carbonyl (C=O) groups is 2. The van der Waals surface area contributed by atoms with Crippen molar-refractivity contribution in [1.82, 2.24) is 4.90 Å². The Morgan fingerprint density at radius 3 is 2.48 bits per heavy atom. The fourth-order valence-electron chi connectivity index (χ4n) is 5.25. The number of carbonyl (C=O) groups excluding carboxylic acids is 2. The topological polar surface area (TPSA) is 49.9 Å². The van der Waals surface area contributed by atoms with Crippen LogP contribution >= 0.6 is 11.3 Å². The number of methoxy groups -OCH3 is 1. The third kappa shape index (κ3) is 4.15. The lowest BCUT2D eigenvalue weighted by Crippen LogP contribution is -2.49. The van der Waals surface area contributed by atoms with E-state index in [9.17, 15) is 9.59 Å². The summed E-state index contributed by atoms with van der Waals surface area (Å²) < 4.78 is 5.31. The van der Waals surface area contributed by atoms with Crippen LogP contribution < -0.4 is 9.64 Å². The molecule has 0 radical (unpaired) electrons. The molecule has 2 aliphatic rings. The van der Waals surface area contributed by atoms with Crippen molar-refractivity contribution in [3.05, 3.63) is 82.6 Å².